The second-order valence-electron chi connectivity index (χ2n) is 16.3. The molecule has 1 fully saturated rings. The van der Waals surface area contributed by atoms with Gasteiger partial charge in [-0.25, -0.2) is 4.79 Å². The summed E-state index contributed by atoms with van der Waals surface area (Å²) in [6.45, 7) is 13.9. The lowest BCUT2D eigenvalue weighted by Gasteiger charge is -2.34. The molecule has 3 aromatic carbocycles. The third kappa shape index (κ3) is 6.86. The fourth-order valence-electron chi connectivity index (χ4n) is 9.54. The van der Waals surface area contributed by atoms with Gasteiger partial charge in [-0.05, 0) is 132 Å². The standard InChI is InChI=1S/C46H52Cl2N6O4/c1-26-22-32(23-27(2)40(26)48)58-21-11-12-33-34-14-15-36(47)39(38-29(4)49-51(7)30(38)5)41(34)54-28(3)25-53(45(55)43(33)54)42-35-24-31(17-20-52-18-9-8-10-19-52)13-16-37(35)50(6)44(42)46(56)57/h13-16,22-24,28H,8-12,17-21,25H2,1-7H3,(H,56,57)/t28-/m1/s1. The number of aryl methyl sites for hydroxylation is 6. The lowest BCUT2D eigenvalue weighted by atomic mass is 9.98. The molecule has 0 spiro atoms. The van der Waals surface area contributed by atoms with Crippen molar-refractivity contribution >= 4 is 62.6 Å². The lowest BCUT2D eigenvalue weighted by molar-refractivity contribution is 0.0687. The van der Waals surface area contributed by atoms with Crippen molar-refractivity contribution in [2.24, 2.45) is 14.1 Å². The number of anilines is 1. The monoisotopic (exact) mass is 822 g/mol. The molecule has 8 rings (SSSR count). The highest BCUT2D eigenvalue weighted by molar-refractivity contribution is 6.35. The van der Waals surface area contributed by atoms with Crippen LogP contribution < -0.4 is 9.64 Å². The average Bonchev–Trinajstić information content (AvgIpc) is 3.78. The van der Waals surface area contributed by atoms with Crippen LogP contribution in [-0.2, 0) is 26.9 Å². The summed E-state index contributed by atoms with van der Waals surface area (Å²) in [6, 6.07) is 13.8. The summed E-state index contributed by atoms with van der Waals surface area (Å²) in [5, 5.41) is 18.5. The molecule has 1 N–H and O–H groups in total. The predicted molar refractivity (Wildman–Crippen MR) is 234 cm³/mol. The molecule has 1 saturated heterocycles. The molecule has 0 aliphatic carbocycles. The number of halogens is 2. The zero-order valence-electron chi connectivity index (χ0n) is 34.5. The molecule has 1 atom stereocenters. The summed E-state index contributed by atoms with van der Waals surface area (Å²) in [5.74, 6) is -0.551. The maximum Gasteiger partial charge on any atom is 0.354 e. The van der Waals surface area contributed by atoms with E-state index < -0.39 is 5.97 Å². The Morgan fingerprint density at radius 3 is 2.33 bits per heavy atom. The number of amides is 1. The molecule has 5 heterocycles. The van der Waals surface area contributed by atoms with Crippen molar-refractivity contribution in [2.45, 2.75) is 79.2 Å². The van der Waals surface area contributed by atoms with Crippen molar-refractivity contribution in [2.75, 3.05) is 37.7 Å². The van der Waals surface area contributed by atoms with Crippen molar-refractivity contribution in [3.05, 3.63) is 97.5 Å². The summed E-state index contributed by atoms with van der Waals surface area (Å²) in [4.78, 5) is 32.8. The summed E-state index contributed by atoms with van der Waals surface area (Å²) in [6.07, 6.45) is 5.76. The first-order valence-corrected chi connectivity index (χ1v) is 21.2. The highest BCUT2D eigenvalue weighted by Crippen LogP contribution is 2.46. The fraction of sp³-hybridized carbons (Fsp3) is 0.413. The number of carboxylic acid groups (broad SMARTS) is 1. The minimum absolute atomic E-state index is 0.0992. The van der Waals surface area contributed by atoms with E-state index in [2.05, 4.69) is 28.5 Å². The van der Waals surface area contributed by atoms with Crippen LogP contribution >= 0.6 is 23.2 Å². The molecule has 0 bridgehead atoms. The molecule has 2 aliphatic rings. The minimum atomic E-state index is -1.07. The van der Waals surface area contributed by atoms with Gasteiger partial charge < -0.3 is 28.8 Å². The highest BCUT2D eigenvalue weighted by Gasteiger charge is 2.39. The second kappa shape index (κ2) is 15.8. The van der Waals surface area contributed by atoms with E-state index in [9.17, 15) is 9.90 Å². The van der Waals surface area contributed by atoms with Crippen molar-refractivity contribution in [1.29, 1.82) is 0 Å². The number of ether oxygens (including phenoxy) is 1. The summed E-state index contributed by atoms with van der Waals surface area (Å²) in [7, 11) is 3.70. The molecule has 1 amide bonds. The lowest BCUT2D eigenvalue weighted by Crippen LogP contribution is -2.43. The summed E-state index contributed by atoms with van der Waals surface area (Å²) >= 11 is 13.6. The van der Waals surface area contributed by atoms with Gasteiger partial charge in [0.25, 0.3) is 5.91 Å². The van der Waals surface area contributed by atoms with Gasteiger partial charge in [-0.2, -0.15) is 5.10 Å². The van der Waals surface area contributed by atoms with Crippen LogP contribution in [0.2, 0.25) is 10.0 Å². The molecule has 12 heteroatoms. The number of rotatable bonds is 11. The van der Waals surface area contributed by atoms with Crippen molar-refractivity contribution in [1.82, 2.24) is 23.8 Å². The molecule has 10 nitrogen and oxygen atoms in total. The Bertz CT molecular complexity index is 2590. The van der Waals surface area contributed by atoms with E-state index in [0.29, 0.717) is 35.9 Å². The molecule has 0 unspecified atom stereocenters. The van der Waals surface area contributed by atoms with Crippen molar-refractivity contribution in [3.8, 4) is 16.9 Å². The van der Waals surface area contributed by atoms with Gasteiger partial charge >= 0.3 is 5.97 Å². The summed E-state index contributed by atoms with van der Waals surface area (Å²) < 4.78 is 12.0. The van der Waals surface area contributed by atoms with Crippen LogP contribution in [0, 0.1) is 27.7 Å². The Labute approximate surface area is 349 Å². The molecule has 6 aromatic rings. The Hall–Kier alpha value is -4.77. The number of hydrogen-bond acceptors (Lipinski definition) is 5. The molecule has 304 valence electrons. The number of hydrogen-bond donors (Lipinski definition) is 1. The third-order valence-electron chi connectivity index (χ3n) is 12.4. The van der Waals surface area contributed by atoms with Gasteiger partial charge in [0.2, 0.25) is 0 Å². The van der Waals surface area contributed by atoms with Crippen molar-refractivity contribution in [3.63, 3.8) is 0 Å². The Morgan fingerprint density at radius 2 is 1.66 bits per heavy atom. The summed E-state index contributed by atoms with van der Waals surface area (Å²) in [5.41, 5.74) is 10.3. The Morgan fingerprint density at radius 1 is 0.931 bits per heavy atom. The topological polar surface area (TPSA) is 97.8 Å². The van der Waals surface area contributed by atoms with Crippen molar-refractivity contribution < 1.29 is 19.4 Å². The van der Waals surface area contributed by atoms with E-state index in [1.165, 1.54) is 19.3 Å². The van der Waals surface area contributed by atoms with E-state index in [-0.39, 0.29) is 24.2 Å². The smallest absolute Gasteiger partial charge is 0.354 e. The first-order chi connectivity index (χ1) is 27.8. The molecular weight excluding hydrogens is 771 g/mol. The number of likely N-dealkylation sites (tertiary alicyclic amines) is 1. The first kappa shape index (κ1) is 40.0. The molecule has 3 aromatic heterocycles. The molecule has 0 radical (unpaired) electrons. The Kier molecular flexibility index (Phi) is 10.9. The zero-order chi connectivity index (χ0) is 41.2. The fourth-order valence-corrected chi connectivity index (χ4v) is 9.89. The van der Waals surface area contributed by atoms with E-state index >= 15 is 4.79 Å². The van der Waals surface area contributed by atoms with Gasteiger partial charge in [0.05, 0.1) is 34.0 Å². The quantitative estimate of drug-likeness (QED) is 0.131. The number of nitrogens with zero attached hydrogens (tertiary/aromatic N) is 6. The van der Waals surface area contributed by atoms with Crippen LogP contribution in [0.25, 0.3) is 32.9 Å². The Balaban J connectivity index is 1.25. The number of fused-ring (bicyclic) bond motifs is 4. The van der Waals surface area contributed by atoms with E-state index in [1.54, 1.807) is 16.5 Å². The maximum atomic E-state index is 15.4. The van der Waals surface area contributed by atoms with Gasteiger partial charge in [-0.1, -0.05) is 41.8 Å². The van der Waals surface area contributed by atoms with E-state index in [4.69, 9.17) is 33.0 Å². The number of carboxylic acids is 1. The van der Waals surface area contributed by atoms with E-state index in [0.717, 1.165) is 103 Å². The number of carbonyl (C=O) groups is 2. The average molecular weight is 824 g/mol. The minimum Gasteiger partial charge on any atom is -0.494 e. The second-order valence-corrected chi connectivity index (χ2v) is 17.1. The SMILES string of the molecule is Cc1cc(OCCCc2c3n(c4c(-c5c(C)nn(C)c5C)c(Cl)ccc24)[C@H](C)CN(c2c(C(=O)O)n(C)c4ccc(CCN5CCCCC5)cc24)C3=O)cc(C)c1Cl. The van der Waals surface area contributed by atoms with Crippen LogP contribution in [0.1, 0.15) is 93.3 Å². The third-order valence-corrected chi connectivity index (χ3v) is 13.4. The van der Waals surface area contributed by atoms with Crippen LogP contribution in [-0.4, -0.2) is 73.6 Å². The van der Waals surface area contributed by atoms with Gasteiger partial charge in [0.1, 0.15) is 11.4 Å². The van der Waals surface area contributed by atoms with Crippen LogP contribution in [0.3, 0.4) is 0 Å². The van der Waals surface area contributed by atoms with Crippen LogP contribution in [0.15, 0.2) is 42.5 Å². The van der Waals surface area contributed by atoms with Gasteiger partial charge in [-0.15, -0.1) is 0 Å². The number of carbonyl (C=O) groups excluding carboxylic acids is 1. The largest absolute Gasteiger partial charge is 0.494 e. The first-order valence-electron chi connectivity index (χ1n) is 20.4. The number of piperidine rings is 1. The van der Waals surface area contributed by atoms with Gasteiger partial charge in [-0.3, -0.25) is 9.48 Å². The molecule has 0 saturated carbocycles. The maximum absolute atomic E-state index is 15.4. The number of aromatic carboxylic acids is 1. The zero-order valence-corrected chi connectivity index (χ0v) is 36.0. The normalized spacial score (nSPS) is 16.2. The number of aromatic nitrogens is 4. The highest BCUT2D eigenvalue weighted by atomic mass is 35.5. The number of benzene rings is 3. The van der Waals surface area contributed by atoms with Crippen LogP contribution in [0.5, 0.6) is 5.75 Å². The van der Waals surface area contributed by atoms with Crippen LogP contribution in [0.4, 0.5) is 5.69 Å². The molecule has 58 heavy (non-hydrogen) atoms. The van der Waals surface area contributed by atoms with Gasteiger partial charge in [0.15, 0.2) is 5.69 Å². The molecule has 2 aliphatic heterocycles. The molecular formula is C46H52Cl2N6O4. The van der Waals surface area contributed by atoms with E-state index in [1.807, 2.05) is 69.8 Å². The predicted octanol–water partition coefficient (Wildman–Crippen LogP) is 10.0. The van der Waals surface area contributed by atoms with Gasteiger partial charge in [0, 0.05) is 65.8 Å².